The fraction of sp³-hybridized carbons (Fsp3) is 0.269. The molecule has 0 aromatic heterocycles. The maximum atomic E-state index is 13.6. The monoisotopic (exact) mass is 435 g/mol. The van der Waals surface area contributed by atoms with Gasteiger partial charge in [-0.05, 0) is 65.1 Å². The molecular formula is C26H26FNO4. The fourth-order valence-corrected chi connectivity index (χ4v) is 4.24. The summed E-state index contributed by atoms with van der Waals surface area (Å²) in [6.07, 6.45) is 0.964. The average Bonchev–Trinajstić information content (AvgIpc) is 2.83. The van der Waals surface area contributed by atoms with Crippen molar-refractivity contribution in [2.24, 2.45) is 0 Å². The zero-order valence-electron chi connectivity index (χ0n) is 18.4. The number of nitrogens with zero attached hydrogens (tertiary/aromatic N) is 1. The lowest BCUT2D eigenvalue weighted by molar-refractivity contribution is -0.132. The van der Waals surface area contributed by atoms with Gasteiger partial charge in [0.15, 0.2) is 11.5 Å². The lowest BCUT2D eigenvalue weighted by atomic mass is 9.87. The smallest absolute Gasteiger partial charge is 0.227 e. The van der Waals surface area contributed by atoms with Crippen LogP contribution in [0, 0.1) is 5.82 Å². The molecule has 0 saturated carbocycles. The van der Waals surface area contributed by atoms with Crippen LogP contribution < -0.4 is 14.2 Å². The molecule has 3 aromatic carbocycles. The Morgan fingerprint density at radius 2 is 1.59 bits per heavy atom. The van der Waals surface area contributed by atoms with E-state index < -0.39 is 0 Å². The molecule has 1 aliphatic heterocycles. The molecule has 0 saturated heterocycles. The fourth-order valence-electron chi connectivity index (χ4n) is 4.24. The highest BCUT2D eigenvalue weighted by atomic mass is 19.1. The molecule has 4 rings (SSSR count). The highest BCUT2D eigenvalue weighted by Gasteiger charge is 2.33. The zero-order valence-corrected chi connectivity index (χ0v) is 18.4. The van der Waals surface area contributed by atoms with Crippen LogP contribution in [0.3, 0.4) is 0 Å². The molecule has 1 aliphatic rings. The third-order valence-electron chi connectivity index (χ3n) is 5.89. The van der Waals surface area contributed by atoms with Crippen molar-refractivity contribution in [2.45, 2.75) is 18.9 Å². The summed E-state index contributed by atoms with van der Waals surface area (Å²) in [5.41, 5.74) is 3.81. The Balaban J connectivity index is 1.72. The van der Waals surface area contributed by atoms with Gasteiger partial charge in [0, 0.05) is 6.54 Å². The first-order valence-corrected chi connectivity index (χ1v) is 10.5. The third-order valence-corrected chi connectivity index (χ3v) is 5.89. The van der Waals surface area contributed by atoms with Gasteiger partial charge >= 0.3 is 0 Å². The Bertz CT molecular complexity index is 1100. The van der Waals surface area contributed by atoms with Crippen molar-refractivity contribution < 1.29 is 23.4 Å². The molecular weight excluding hydrogens is 409 g/mol. The molecule has 1 heterocycles. The Kier molecular flexibility index (Phi) is 6.30. The predicted octanol–water partition coefficient (Wildman–Crippen LogP) is 4.57. The van der Waals surface area contributed by atoms with Crippen LogP contribution in [0.25, 0.3) is 0 Å². The quantitative estimate of drug-likeness (QED) is 0.569. The molecule has 32 heavy (non-hydrogen) atoms. The van der Waals surface area contributed by atoms with E-state index in [1.54, 1.807) is 33.5 Å². The molecule has 6 heteroatoms. The van der Waals surface area contributed by atoms with Crippen LogP contribution in [0.1, 0.15) is 28.3 Å². The van der Waals surface area contributed by atoms with E-state index in [9.17, 15) is 9.18 Å². The zero-order chi connectivity index (χ0) is 22.7. The Labute approximate surface area is 187 Å². The summed E-state index contributed by atoms with van der Waals surface area (Å²) in [5, 5.41) is 0. The van der Waals surface area contributed by atoms with Gasteiger partial charge in [0.1, 0.15) is 11.6 Å². The van der Waals surface area contributed by atoms with Gasteiger partial charge in [0.2, 0.25) is 5.91 Å². The van der Waals surface area contributed by atoms with Gasteiger partial charge in [0.05, 0.1) is 33.8 Å². The molecule has 1 unspecified atom stereocenters. The Morgan fingerprint density at radius 3 is 2.22 bits per heavy atom. The number of hydrogen-bond donors (Lipinski definition) is 0. The number of carbonyl (C=O) groups excluding carboxylic acids is 1. The summed E-state index contributed by atoms with van der Waals surface area (Å²) in [5.74, 6) is 1.70. The van der Waals surface area contributed by atoms with Crippen LogP contribution in [0.4, 0.5) is 4.39 Å². The number of benzene rings is 3. The van der Waals surface area contributed by atoms with E-state index in [-0.39, 0.29) is 24.2 Å². The second kappa shape index (κ2) is 9.30. The topological polar surface area (TPSA) is 48.0 Å². The van der Waals surface area contributed by atoms with Gasteiger partial charge in [0.25, 0.3) is 0 Å². The van der Waals surface area contributed by atoms with Crippen molar-refractivity contribution in [3.05, 3.63) is 88.7 Å². The summed E-state index contributed by atoms with van der Waals surface area (Å²) in [6, 6.07) is 17.4. The van der Waals surface area contributed by atoms with E-state index in [0.29, 0.717) is 24.5 Å². The highest BCUT2D eigenvalue weighted by Crippen LogP contribution is 2.41. The van der Waals surface area contributed by atoms with Gasteiger partial charge in [-0.15, -0.1) is 0 Å². The summed E-state index contributed by atoms with van der Waals surface area (Å²) in [6.45, 7) is 0.555. The number of rotatable bonds is 6. The van der Waals surface area contributed by atoms with Crippen LogP contribution in [-0.2, 0) is 17.6 Å². The van der Waals surface area contributed by atoms with Gasteiger partial charge in [-0.25, -0.2) is 4.39 Å². The molecule has 0 aliphatic carbocycles. The molecule has 0 bridgehead atoms. The summed E-state index contributed by atoms with van der Waals surface area (Å²) in [7, 11) is 4.81. The van der Waals surface area contributed by atoms with Crippen molar-refractivity contribution in [2.75, 3.05) is 27.9 Å². The van der Waals surface area contributed by atoms with Crippen molar-refractivity contribution in [3.63, 3.8) is 0 Å². The SMILES string of the molecule is COc1ccc(CC(=O)N2CCc3cc(OC)c(OC)cc3C2c2ccc(F)cc2)cc1. The molecule has 1 amide bonds. The van der Waals surface area contributed by atoms with Gasteiger partial charge in [-0.1, -0.05) is 24.3 Å². The van der Waals surface area contributed by atoms with Gasteiger partial charge in [-0.2, -0.15) is 0 Å². The van der Waals surface area contributed by atoms with Crippen molar-refractivity contribution >= 4 is 5.91 Å². The van der Waals surface area contributed by atoms with E-state index in [4.69, 9.17) is 14.2 Å². The number of halogens is 1. The van der Waals surface area contributed by atoms with Crippen LogP contribution in [0.5, 0.6) is 17.2 Å². The lowest BCUT2D eigenvalue weighted by Crippen LogP contribution is -2.41. The second-order valence-electron chi connectivity index (χ2n) is 7.72. The molecule has 0 spiro atoms. The first-order valence-electron chi connectivity index (χ1n) is 10.5. The number of hydrogen-bond acceptors (Lipinski definition) is 4. The van der Waals surface area contributed by atoms with Crippen molar-refractivity contribution in [1.82, 2.24) is 4.90 Å². The van der Waals surface area contributed by atoms with E-state index >= 15 is 0 Å². The molecule has 0 radical (unpaired) electrons. The van der Waals surface area contributed by atoms with Gasteiger partial charge < -0.3 is 19.1 Å². The number of fused-ring (bicyclic) bond motifs is 1. The van der Waals surface area contributed by atoms with E-state index in [1.165, 1.54) is 12.1 Å². The lowest BCUT2D eigenvalue weighted by Gasteiger charge is -2.38. The third kappa shape index (κ3) is 4.26. The standard InChI is InChI=1S/C26H26FNO4/c1-30-21-10-4-17(5-11-21)14-25(29)28-13-12-19-15-23(31-2)24(32-3)16-22(19)26(28)18-6-8-20(27)9-7-18/h4-11,15-16,26H,12-14H2,1-3H3. The number of methoxy groups -OCH3 is 3. The molecule has 5 nitrogen and oxygen atoms in total. The maximum Gasteiger partial charge on any atom is 0.227 e. The van der Waals surface area contributed by atoms with Crippen LogP contribution in [0.2, 0.25) is 0 Å². The Hall–Kier alpha value is -3.54. The van der Waals surface area contributed by atoms with Crippen LogP contribution >= 0.6 is 0 Å². The van der Waals surface area contributed by atoms with E-state index in [0.717, 1.165) is 28.0 Å². The Morgan fingerprint density at radius 1 is 0.938 bits per heavy atom. The molecule has 0 fully saturated rings. The largest absolute Gasteiger partial charge is 0.497 e. The van der Waals surface area contributed by atoms with E-state index in [2.05, 4.69) is 0 Å². The van der Waals surface area contributed by atoms with Crippen LogP contribution in [0.15, 0.2) is 60.7 Å². The number of amides is 1. The first kappa shape index (κ1) is 21.7. The minimum atomic E-state index is -0.343. The van der Waals surface area contributed by atoms with Crippen LogP contribution in [-0.4, -0.2) is 38.7 Å². The second-order valence-corrected chi connectivity index (χ2v) is 7.72. The van der Waals surface area contributed by atoms with Gasteiger partial charge in [-0.3, -0.25) is 4.79 Å². The van der Waals surface area contributed by atoms with E-state index in [1.807, 2.05) is 41.3 Å². The highest BCUT2D eigenvalue weighted by molar-refractivity contribution is 5.80. The summed E-state index contributed by atoms with van der Waals surface area (Å²) >= 11 is 0. The predicted molar refractivity (Wildman–Crippen MR) is 120 cm³/mol. The average molecular weight is 435 g/mol. The number of ether oxygens (including phenoxy) is 3. The minimum absolute atomic E-state index is 0.00456. The first-order chi connectivity index (χ1) is 15.5. The summed E-state index contributed by atoms with van der Waals surface area (Å²) < 4.78 is 29.8. The molecule has 0 N–H and O–H groups in total. The molecule has 1 atom stereocenters. The molecule has 166 valence electrons. The number of carbonyl (C=O) groups is 1. The normalized spacial score (nSPS) is 15.1. The molecule has 3 aromatic rings. The maximum absolute atomic E-state index is 13.6. The minimum Gasteiger partial charge on any atom is -0.497 e. The summed E-state index contributed by atoms with van der Waals surface area (Å²) in [4.78, 5) is 15.3. The van der Waals surface area contributed by atoms with Crippen molar-refractivity contribution in [3.8, 4) is 17.2 Å². The van der Waals surface area contributed by atoms with Crippen molar-refractivity contribution in [1.29, 1.82) is 0 Å².